The van der Waals surface area contributed by atoms with Gasteiger partial charge >= 0.3 is 0 Å². The van der Waals surface area contributed by atoms with Gasteiger partial charge in [0.15, 0.2) is 0 Å². The van der Waals surface area contributed by atoms with Gasteiger partial charge in [0.2, 0.25) is 5.91 Å². The molecule has 4 rings (SSSR count). The summed E-state index contributed by atoms with van der Waals surface area (Å²) in [5.74, 6) is 0.105. The Hall–Kier alpha value is -2.41. The van der Waals surface area contributed by atoms with Gasteiger partial charge in [0.1, 0.15) is 5.60 Å². The van der Waals surface area contributed by atoms with E-state index in [2.05, 4.69) is 15.5 Å². The number of ether oxygens (including phenoxy) is 1. The number of fused-ring (bicyclic) bond motifs is 1. The van der Waals surface area contributed by atoms with E-state index in [1.165, 1.54) is 0 Å². The second-order valence-corrected chi connectivity index (χ2v) is 8.10. The number of rotatable bonds is 4. The molecule has 144 valence electrons. The van der Waals surface area contributed by atoms with Crippen LogP contribution in [0.15, 0.2) is 18.2 Å². The van der Waals surface area contributed by atoms with Gasteiger partial charge < -0.3 is 15.0 Å². The maximum Gasteiger partial charge on any atom is 0.251 e. The number of nitrogens with zero attached hydrogens (tertiary/aromatic N) is 2. The average molecular weight is 370 g/mol. The third-order valence-corrected chi connectivity index (χ3v) is 5.60. The largest absolute Gasteiger partial charge is 0.366 e. The quantitative estimate of drug-likeness (QED) is 0.862. The van der Waals surface area contributed by atoms with Crippen molar-refractivity contribution in [3.63, 3.8) is 0 Å². The number of aromatic nitrogens is 2. The van der Waals surface area contributed by atoms with Gasteiger partial charge in [-0.1, -0.05) is 13.8 Å². The monoisotopic (exact) mass is 370 g/mol. The van der Waals surface area contributed by atoms with Crippen LogP contribution in [-0.4, -0.2) is 58.3 Å². The highest BCUT2D eigenvalue weighted by Crippen LogP contribution is 2.38. The molecule has 2 saturated heterocycles. The first-order chi connectivity index (χ1) is 12.9. The van der Waals surface area contributed by atoms with E-state index in [1.807, 2.05) is 37.8 Å². The van der Waals surface area contributed by atoms with Crippen molar-refractivity contribution in [2.75, 3.05) is 19.6 Å². The van der Waals surface area contributed by atoms with Gasteiger partial charge in [0.05, 0.1) is 24.7 Å². The molecule has 1 spiro atoms. The summed E-state index contributed by atoms with van der Waals surface area (Å²) in [7, 11) is 0. The number of hydrogen-bond donors (Lipinski definition) is 2. The van der Waals surface area contributed by atoms with Crippen molar-refractivity contribution in [1.82, 2.24) is 20.4 Å². The Morgan fingerprint density at radius 2 is 2.19 bits per heavy atom. The molecule has 27 heavy (non-hydrogen) atoms. The summed E-state index contributed by atoms with van der Waals surface area (Å²) in [6.07, 6.45) is 1.85. The maximum atomic E-state index is 12.5. The molecule has 2 amide bonds. The standard InChI is InChI=1S/C20H26N4O3/c1-12(2)19(26)24-10-20(11-24)7-6-15(27-20)9-21-18(25)14-4-5-17-16(8-14)13(3)22-23-17/h4-5,8,12,15H,6-7,9-11H2,1-3H3,(H,21,25)(H,22,23). The van der Waals surface area contributed by atoms with Crippen LogP contribution in [0.3, 0.4) is 0 Å². The number of aromatic amines is 1. The second kappa shape index (κ2) is 6.64. The van der Waals surface area contributed by atoms with Gasteiger partial charge in [0, 0.05) is 29.1 Å². The highest BCUT2D eigenvalue weighted by Gasteiger charge is 2.51. The van der Waals surface area contributed by atoms with Crippen LogP contribution in [0.2, 0.25) is 0 Å². The minimum absolute atomic E-state index is 0.00430. The lowest BCUT2D eigenvalue weighted by Gasteiger charge is -2.48. The minimum Gasteiger partial charge on any atom is -0.366 e. The van der Waals surface area contributed by atoms with Crippen LogP contribution in [0.4, 0.5) is 0 Å². The Morgan fingerprint density at radius 3 is 2.93 bits per heavy atom. The van der Waals surface area contributed by atoms with Crippen LogP contribution >= 0.6 is 0 Å². The number of benzene rings is 1. The van der Waals surface area contributed by atoms with Crippen LogP contribution in [-0.2, 0) is 9.53 Å². The van der Waals surface area contributed by atoms with Crippen LogP contribution in [0.1, 0.15) is 42.7 Å². The van der Waals surface area contributed by atoms with Crippen LogP contribution in [0.5, 0.6) is 0 Å². The lowest BCUT2D eigenvalue weighted by atomic mass is 9.89. The molecule has 3 heterocycles. The van der Waals surface area contributed by atoms with E-state index in [9.17, 15) is 9.59 Å². The normalized spacial score (nSPS) is 21.0. The van der Waals surface area contributed by atoms with Crippen molar-refractivity contribution < 1.29 is 14.3 Å². The molecule has 2 aliphatic rings. The first kappa shape index (κ1) is 18.0. The first-order valence-electron chi connectivity index (χ1n) is 9.56. The van der Waals surface area contributed by atoms with Gasteiger partial charge in [-0.3, -0.25) is 14.7 Å². The zero-order valence-electron chi connectivity index (χ0n) is 16.0. The molecule has 0 saturated carbocycles. The van der Waals surface area contributed by atoms with Crippen molar-refractivity contribution in [2.45, 2.75) is 45.3 Å². The van der Waals surface area contributed by atoms with Gasteiger partial charge in [0.25, 0.3) is 5.91 Å². The van der Waals surface area contributed by atoms with Crippen LogP contribution < -0.4 is 5.32 Å². The molecule has 1 unspecified atom stereocenters. The fourth-order valence-electron chi connectivity index (χ4n) is 4.03. The van der Waals surface area contributed by atoms with Crippen molar-refractivity contribution in [1.29, 1.82) is 0 Å². The number of carbonyl (C=O) groups excluding carboxylic acids is 2. The third kappa shape index (κ3) is 3.32. The molecule has 0 aliphatic carbocycles. The molecular weight excluding hydrogens is 344 g/mol. The predicted molar refractivity (Wildman–Crippen MR) is 101 cm³/mol. The number of hydrogen-bond acceptors (Lipinski definition) is 4. The molecule has 1 atom stereocenters. The van der Waals surface area contributed by atoms with E-state index >= 15 is 0 Å². The molecule has 2 aromatic rings. The van der Waals surface area contributed by atoms with E-state index in [-0.39, 0.29) is 29.4 Å². The highest BCUT2D eigenvalue weighted by atomic mass is 16.5. The summed E-state index contributed by atoms with van der Waals surface area (Å²) in [6, 6.07) is 5.50. The Balaban J connectivity index is 1.30. The molecule has 2 fully saturated rings. The summed E-state index contributed by atoms with van der Waals surface area (Å²) >= 11 is 0. The van der Waals surface area contributed by atoms with Crippen molar-refractivity contribution in [3.05, 3.63) is 29.5 Å². The fraction of sp³-hybridized carbons (Fsp3) is 0.550. The van der Waals surface area contributed by atoms with E-state index in [0.29, 0.717) is 25.2 Å². The minimum atomic E-state index is -0.202. The molecular formula is C20H26N4O3. The molecule has 2 N–H and O–H groups in total. The Morgan fingerprint density at radius 1 is 1.41 bits per heavy atom. The van der Waals surface area contributed by atoms with E-state index in [4.69, 9.17) is 4.74 Å². The molecule has 0 radical (unpaired) electrons. The molecule has 0 bridgehead atoms. The highest BCUT2D eigenvalue weighted by molar-refractivity contribution is 5.98. The van der Waals surface area contributed by atoms with Crippen molar-refractivity contribution in [3.8, 4) is 0 Å². The zero-order chi connectivity index (χ0) is 19.2. The SMILES string of the molecule is Cc1[nH]nc2ccc(C(=O)NCC3CCC4(CN(C(=O)C(C)C)C4)O3)cc12. The molecule has 1 aromatic heterocycles. The summed E-state index contributed by atoms with van der Waals surface area (Å²) in [6.45, 7) is 7.61. The third-order valence-electron chi connectivity index (χ3n) is 5.60. The molecule has 7 heteroatoms. The fourth-order valence-corrected chi connectivity index (χ4v) is 4.03. The number of nitrogens with one attached hydrogen (secondary N) is 2. The number of carbonyl (C=O) groups is 2. The summed E-state index contributed by atoms with van der Waals surface area (Å²) in [5.41, 5.74) is 2.23. The summed E-state index contributed by atoms with van der Waals surface area (Å²) in [4.78, 5) is 26.4. The second-order valence-electron chi connectivity index (χ2n) is 8.10. The predicted octanol–water partition coefficient (Wildman–Crippen LogP) is 2.02. The number of likely N-dealkylation sites (tertiary alicyclic amines) is 1. The van der Waals surface area contributed by atoms with Crippen molar-refractivity contribution >= 4 is 22.7 Å². The molecule has 1 aromatic carbocycles. The Bertz CT molecular complexity index is 882. The van der Waals surface area contributed by atoms with Crippen LogP contribution in [0, 0.1) is 12.8 Å². The molecule has 7 nitrogen and oxygen atoms in total. The lowest BCUT2D eigenvalue weighted by molar-refractivity contribution is -0.167. The smallest absolute Gasteiger partial charge is 0.251 e. The van der Waals surface area contributed by atoms with Crippen LogP contribution in [0.25, 0.3) is 10.9 Å². The van der Waals surface area contributed by atoms with Gasteiger partial charge in [-0.25, -0.2) is 0 Å². The van der Waals surface area contributed by atoms with E-state index in [0.717, 1.165) is 29.4 Å². The van der Waals surface area contributed by atoms with Gasteiger partial charge in [-0.2, -0.15) is 5.10 Å². The Labute approximate surface area is 158 Å². The average Bonchev–Trinajstić information content (AvgIpc) is 3.22. The Kier molecular flexibility index (Phi) is 4.42. The summed E-state index contributed by atoms with van der Waals surface area (Å²) in [5, 5.41) is 11.1. The van der Waals surface area contributed by atoms with E-state index in [1.54, 1.807) is 6.07 Å². The van der Waals surface area contributed by atoms with E-state index < -0.39 is 0 Å². The molecule has 2 aliphatic heterocycles. The summed E-state index contributed by atoms with van der Waals surface area (Å²) < 4.78 is 6.18. The number of aryl methyl sites for hydroxylation is 1. The zero-order valence-corrected chi connectivity index (χ0v) is 16.0. The first-order valence-corrected chi connectivity index (χ1v) is 9.56. The maximum absolute atomic E-state index is 12.5. The lowest BCUT2D eigenvalue weighted by Crippen LogP contribution is -2.64. The number of H-pyrrole nitrogens is 1. The topological polar surface area (TPSA) is 87.3 Å². The number of amides is 2. The van der Waals surface area contributed by atoms with Gasteiger partial charge in [-0.15, -0.1) is 0 Å². The van der Waals surface area contributed by atoms with Gasteiger partial charge in [-0.05, 0) is 38.0 Å². The van der Waals surface area contributed by atoms with Crippen molar-refractivity contribution in [2.24, 2.45) is 5.92 Å².